The van der Waals surface area contributed by atoms with Crippen molar-refractivity contribution in [2.24, 2.45) is 33.5 Å². The summed E-state index contributed by atoms with van der Waals surface area (Å²) in [5.74, 6) is -1.82. The van der Waals surface area contributed by atoms with E-state index in [1.807, 2.05) is 41.5 Å². The molecule has 3 saturated carbocycles. The molecule has 0 N–H and O–H groups in total. The van der Waals surface area contributed by atoms with Gasteiger partial charge >= 0.3 is 0 Å². The molecule has 0 spiro atoms. The maximum Gasteiger partial charge on any atom is 0.209 e. The van der Waals surface area contributed by atoms with E-state index in [1.54, 1.807) is 0 Å². The van der Waals surface area contributed by atoms with Crippen molar-refractivity contribution in [3.05, 3.63) is 0 Å². The Bertz CT molecular complexity index is 557. The highest BCUT2D eigenvalue weighted by atomic mass is 35.5. The van der Waals surface area contributed by atoms with Crippen LogP contribution < -0.4 is 0 Å². The number of halogens is 4. The first-order valence-corrected chi connectivity index (χ1v) is 8.91. The Morgan fingerprint density at radius 2 is 0.909 bits per heavy atom. The fraction of sp³-hybridized carbons (Fsp3) is 0.875. The summed E-state index contributed by atoms with van der Waals surface area (Å²) < 4.78 is -2.61. The topological polar surface area (TPSA) is 34.1 Å². The first kappa shape index (κ1) is 17.3. The largest absolute Gasteiger partial charge is 0.290 e. The van der Waals surface area contributed by atoms with Crippen LogP contribution in [0.2, 0.25) is 0 Å². The zero-order chi connectivity index (χ0) is 17.3. The van der Waals surface area contributed by atoms with Gasteiger partial charge in [-0.05, 0) is 10.8 Å². The maximum atomic E-state index is 13.1. The van der Waals surface area contributed by atoms with Crippen LogP contribution in [0.4, 0.5) is 0 Å². The highest BCUT2D eigenvalue weighted by molar-refractivity contribution is 6.63. The van der Waals surface area contributed by atoms with Gasteiger partial charge in [0.05, 0.1) is 10.8 Å². The Balaban J connectivity index is 2.26. The summed E-state index contributed by atoms with van der Waals surface area (Å²) in [4.78, 5) is 26.2. The third-order valence-electron chi connectivity index (χ3n) is 6.22. The Kier molecular flexibility index (Phi) is 3.03. The average molecular weight is 386 g/mol. The molecule has 0 amide bonds. The van der Waals surface area contributed by atoms with Gasteiger partial charge in [-0.2, -0.15) is 0 Å². The smallest absolute Gasteiger partial charge is 0.209 e. The van der Waals surface area contributed by atoms with Crippen molar-refractivity contribution in [2.45, 2.75) is 50.2 Å². The van der Waals surface area contributed by atoms with Crippen LogP contribution in [-0.4, -0.2) is 20.2 Å². The lowest BCUT2D eigenvalue weighted by atomic mass is 9.62. The van der Waals surface area contributed by atoms with Crippen LogP contribution in [0.3, 0.4) is 0 Å². The molecular weight excluding hydrogens is 366 g/mol. The van der Waals surface area contributed by atoms with Gasteiger partial charge in [-0.15, -0.1) is 46.4 Å². The normalized spacial score (nSPS) is 45.2. The van der Waals surface area contributed by atoms with E-state index in [-0.39, 0.29) is 0 Å². The second-order valence-electron chi connectivity index (χ2n) is 8.98. The molecule has 0 radical (unpaired) electrons. The van der Waals surface area contributed by atoms with E-state index in [9.17, 15) is 9.59 Å². The van der Waals surface area contributed by atoms with Gasteiger partial charge in [0.25, 0.3) is 0 Å². The standard InChI is InChI=1S/C16H20Cl4O2/c1-11(2,3)13-7(15(13,17)18)8-14(12(4,5)6,16(8,19)20)10(22)9(13)21/h7-8H,1-6H3/t7-,8-,13-,14-/m1/s1. The van der Waals surface area contributed by atoms with Gasteiger partial charge in [0.15, 0.2) is 0 Å². The predicted octanol–water partition coefficient (Wildman–Crippen LogP) is 4.81. The van der Waals surface area contributed by atoms with Crippen molar-refractivity contribution in [3.63, 3.8) is 0 Å². The summed E-state index contributed by atoms with van der Waals surface area (Å²) >= 11 is 26.2. The van der Waals surface area contributed by atoms with Crippen molar-refractivity contribution >= 4 is 58.0 Å². The fourth-order valence-corrected chi connectivity index (χ4v) is 8.22. The van der Waals surface area contributed by atoms with Crippen LogP contribution in [0.5, 0.6) is 0 Å². The Hall–Kier alpha value is 0.500. The van der Waals surface area contributed by atoms with Crippen LogP contribution in [0, 0.1) is 33.5 Å². The van der Waals surface area contributed by atoms with Crippen molar-refractivity contribution in [1.29, 1.82) is 0 Å². The molecule has 6 heteroatoms. The number of rotatable bonds is 0. The molecule has 0 bridgehead atoms. The van der Waals surface area contributed by atoms with Crippen molar-refractivity contribution < 1.29 is 9.59 Å². The number of hydrogen-bond acceptors (Lipinski definition) is 2. The third kappa shape index (κ3) is 1.33. The lowest BCUT2D eigenvalue weighted by Crippen LogP contribution is -2.50. The average Bonchev–Trinajstić information content (AvgIpc) is 2.99. The highest BCUT2D eigenvalue weighted by Gasteiger charge is 3.01. The number of Topliss-reactive ketones (excluding diaryl/α,β-unsaturated/α-hetero) is 2. The molecule has 0 saturated heterocycles. The molecule has 0 aliphatic heterocycles. The molecule has 124 valence electrons. The Morgan fingerprint density at radius 1 is 0.682 bits per heavy atom. The van der Waals surface area contributed by atoms with Crippen LogP contribution >= 0.6 is 46.4 Å². The number of fused-ring (bicyclic) bond motifs is 3. The highest BCUT2D eigenvalue weighted by Crippen LogP contribution is 2.93. The summed E-state index contributed by atoms with van der Waals surface area (Å²) in [6.45, 7) is 11.3. The molecule has 0 aromatic heterocycles. The molecule has 0 unspecified atom stereocenters. The van der Waals surface area contributed by atoms with E-state index in [0.717, 1.165) is 0 Å². The SMILES string of the molecule is CC(C)(C)[C@]12C(=O)C(=O)[C@@]3(C(C)(C)C)[C@@H]([C@H]1C2(Cl)Cl)C3(Cl)Cl. The maximum absolute atomic E-state index is 13.1. The third-order valence-corrected chi connectivity index (χ3v) is 8.35. The first-order valence-electron chi connectivity index (χ1n) is 7.40. The fourth-order valence-electron chi connectivity index (χ4n) is 5.34. The van der Waals surface area contributed by atoms with Crippen LogP contribution in [0.25, 0.3) is 0 Å². The number of hydrogen-bond donors (Lipinski definition) is 0. The molecular formula is C16H20Cl4O2. The summed E-state index contributed by atoms with van der Waals surface area (Å²) in [5.41, 5.74) is -3.31. The van der Waals surface area contributed by atoms with Crippen molar-refractivity contribution in [3.8, 4) is 0 Å². The molecule has 0 aromatic rings. The van der Waals surface area contributed by atoms with E-state index in [0.29, 0.717) is 0 Å². The van der Waals surface area contributed by atoms with Gasteiger partial charge in [-0.1, -0.05) is 41.5 Å². The van der Waals surface area contributed by atoms with E-state index in [4.69, 9.17) is 46.4 Å². The number of carbonyl (C=O) groups is 2. The number of ketones is 2. The molecule has 3 fully saturated rings. The van der Waals surface area contributed by atoms with Gasteiger partial charge < -0.3 is 0 Å². The van der Waals surface area contributed by atoms with Crippen LogP contribution in [0.15, 0.2) is 0 Å². The molecule has 3 aliphatic carbocycles. The van der Waals surface area contributed by atoms with E-state index in [1.165, 1.54) is 0 Å². The number of carbonyl (C=O) groups excluding carboxylic acids is 2. The predicted molar refractivity (Wildman–Crippen MR) is 89.6 cm³/mol. The van der Waals surface area contributed by atoms with Gasteiger partial charge in [-0.3, -0.25) is 9.59 Å². The lowest BCUT2D eigenvalue weighted by Gasteiger charge is -2.39. The lowest BCUT2D eigenvalue weighted by molar-refractivity contribution is -0.151. The van der Waals surface area contributed by atoms with E-state index < -0.39 is 53.7 Å². The van der Waals surface area contributed by atoms with E-state index in [2.05, 4.69) is 0 Å². The summed E-state index contributed by atoms with van der Waals surface area (Å²) in [7, 11) is 0. The summed E-state index contributed by atoms with van der Waals surface area (Å²) in [6, 6.07) is 0. The molecule has 3 rings (SSSR count). The summed E-state index contributed by atoms with van der Waals surface area (Å²) in [5, 5.41) is 0. The molecule has 2 nitrogen and oxygen atoms in total. The summed E-state index contributed by atoms with van der Waals surface area (Å²) in [6.07, 6.45) is 0. The minimum Gasteiger partial charge on any atom is -0.290 e. The van der Waals surface area contributed by atoms with Gasteiger partial charge in [-0.25, -0.2) is 0 Å². The first-order chi connectivity index (χ1) is 9.55. The van der Waals surface area contributed by atoms with E-state index >= 15 is 0 Å². The monoisotopic (exact) mass is 384 g/mol. The molecule has 0 aromatic carbocycles. The minimum atomic E-state index is -1.30. The van der Waals surface area contributed by atoms with Crippen molar-refractivity contribution in [2.75, 3.05) is 0 Å². The van der Waals surface area contributed by atoms with Crippen molar-refractivity contribution in [1.82, 2.24) is 0 Å². The quantitative estimate of drug-likeness (QED) is 0.442. The second kappa shape index (κ2) is 3.84. The molecule has 3 aliphatic rings. The Morgan fingerprint density at radius 3 is 1.09 bits per heavy atom. The molecule has 4 atom stereocenters. The zero-order valence-corrected chi connectivity index (χ0v) is 16.5. The minimum absolute atomic E-state index is 0.400. The van der Waals surface area contributed by atoms with Gasteiger partial charge in [0.1, 0.15) is 8.67 Å². The Labute approximate surface area is 151 Å². The van der Waals surface area contributed by atoms with Crippen LogP contribution in [-0.2, 0) is 9.59 Å². The second-order valence-corrected chi connectivity index (χ2v) is 11.7. The van der Waals surface area contributed by atoms with Crippen LogP contribution in [0.1, 0.15) is 41.5 Å². The number of alkyl halides is 4. The molecule has 0 heterocycles. The zero-order valence-electron chi connectivity index (χ0n) is 13.5. The van der Waals surface area contributed by atoms with Gasteiger partial charge in [0, 0.05) is 11.8 Å². The van der Waals surface area contributed by atoms with Gasteiger partial charge in [0.2, 0.25) is 11.6 Å². The molecule has 22 heavy (non-hydrogen) atoms.